The van der Waals surface area contributed by atoms with Crippen LogP contribution in [0.15, 0.2) is 48.5 Å². The molecular formula is C25H29N3O5. The van der Waals surface area contributed by atoms with Crippen LogP contribution in [0.4, 0.5) is 4.79 Å². The molecule has 0 aromatic heterocycles. The van der Waals surface area contributed by atoms with E-state index < -0.39 is 35.3 Å². The predicted molar refractivity (Wildman–Crippen MR) is 123 cm³/mol. The number of hydroxylamine groups is 1. The minimum Gasteiger partial charge on any atom is -0.326 e. The highest BCUT2D eigenvalue weighted by Crippen LogP contribution is 2.30. The highest BCUT2D eigenvalue weighted by atomic mass is 16.5. The van der Waals surface area contributed by atoms with Crippen LogP contribution in [0.25, 0.3) is 11.1 Å². The van der Waals surface area contributed by atoms with Gasteiger partial charge < -0.3 is 5.32 Å². The van der Waals surface area contributed by atoms with E-state index in [0.717, 1.165) is 10.5 Å². The summed E-state index contributed by atoms with van der Waals surface area (Å²) in [6, 6.07) is 13.0. The minimum atomic E-state index is -1.15. The van der Waals surface area contributed by atoms with Gasteiger partial charge in [-0.15, -0.1) is 0 Å². The third-order valence-electron chi connectivity index (χ3n) is 5.81. The number of Topliss-reactive ketones (excluding diaryl/α,β-unsaturated/α-hetero) is 1. The molecule has 1 aliphatic heterocycles. The number of hydrogen-bond donors (Lipinski definition) is 3. The molecule has 0 radical (unpaired) electrons. The molecular weight excluding hydrogens is 422 g/mol. The topological polar surface area (TPSA) is 116 Å². The third kappa shape index (κ3) is 5.12. The molecule has 1 aromatic carbocycles. The lowest BCUT2D eigenvalue weighted by Gasteiger charge is -2.34. The smallest absolute Gasteiger partial charge is 0.325 e. The summed E-state index contributed by atoms with van der Waals surface area (Å²) < 4.78 is 0. The summed E-state index contributed by atoms with van der Waals surface area (Å²) in [5, 5.41) is 11.6. The first-order valence-corrected chi connectivity index (χ1v) is 10.8. The highest BCUT2D eigenvalue weighted by Gasteiger charge is 2.48. The molecule has 4 rings (SSSR count). The van der Waals surface area contributed by atoms with Crippen molar-refractivity contribution >= 4 is 23.6 Å². The second-order valence-corrected chi connectivity index (χ2v) is 9.28. The zero-order chi connectivity index (χ0) is 24.3. The number of nitrogens with zero attached hydrogens (tertiary/aromatic N) is 1. The van der Waals surface area contributed by atoms with Crippen LogP contribution in [0.5, 0.6) is 0 Å². The van der Waals surface area contributed by atoms with Gasteiger partial charge in [0.2, 0.25) is 0 Å². The predicted octanol–water partition coefficient (Wildman–Crippen LogP) is 3.33. The van der Waals surface area contributed by atoms with Crippen molar-refractivity contribution < 1.29 is 24.4 Å². The third-order valence-corrected chi connectivity index (χ3v) is 5.81. The fourth-order valence-electron chi connectivity index (χ4n) is 3.99. The Morgan fingerprint density at radius 3 is 2.09 bits per heavy atom. The van der Waals surface area contributed by atoms with Gasteiger partial charge in [-0.05, 0) is 41.9 Å². The number of fused-ring (bicyclic) bond motifs is 1. The van der Waals surface area contributed by atoms with E-state index >= 15 is 0 Å². The Hall–Kier alpha value is -3.52. The van der Waals surface area contributed by atoms with E-state index in [1.54, 1.807) is 32.9 Å². The molecule has 2 aliphatic carbocycles. The van der Waals surface area contributed by atoms with Crippen LogP contribution >= 0.6 is 0 Å². The lowest BCUT2D eigenvalue weighted by Crippen LogP contribution is -2.55. The summed E-state index contributed by atoms with van der Waals surface area (Å²) in [4.78, 5) is 49.8. The largest absolute Gasteiger partial charge is 0.326 e. The molecule has 0 bridgehead atoms. The summed E-state index contributed by atoms with van der Waals surface area (Å²) in [7, 11) is 0. The van der Waals surface area contributed by atoms with Crippen LogP contribution in [0.1, 0.15) is 50.0 Å². The number of urea groups is 1. The second kappa shape index (κ2) is 9.54. The SMILES string of the molecule is CC(=O)c1ccccc1CCC1NC(=O)N(C(C(=O)NO)C(C)(C)C)C1=O.c1cc2ccc1-2. The van der Waals surface area contributed by atoms with E-state index in [9.17, 15) is 19.2 Å². The molecule has 1 fully saturated rings. The van der Waals surface area contributed by atoms with Gasteiger partial charge in [0, 0.05) is 5.56 Å². The summed E-state index contributed by atoms with van der Waals surface area (Å²) >= 11 is 0. The number of carbonyl (C=O) groups excluding carboxylic acids is 4. The van der Waals surface area contributed by atoms with Crippen molar-refractivity contribution in [3.8, 4) is 11.1 Å². The lowest BCUT2D eigenvalue weighted by molar-refractivity contribution is -0.144. The standard InChI is InChI=1S/C19H25N3O5.C6H4/c1-11(23)13-8-6-5-7-12(13)9-10-14-17(25)22(18(26)20-14)15(16(24)21-27)19(2,3)4;1-2-6-4-3-5(1)6/h5-8,14-15,27H,9-10H2,1-4H3,(H,20,26)(H,21,24);1-4H. The molecule has 33 heavy (non-hydrogen) atoms. The number of imide groups is 1. The molecule has 0 spiro atoms. The van der Waals surface area contributed by atoms with E-state index in [2.05, 4.69) is 29.6 Å². The molecule has 1 heterocycles. The van der Waals surface area contributed by atoms with Crippen molar-refractivity contribution in [3.05, 3.63) is 59.7 Å². The second-order valence-electron chi connectivity index (χ2n) is 9.28. The van der Waals surface area contributed by atoms with E-state index in [-0.39, 0.29) is 5.78 Å². The molecule has 0 saturated carbocycles. The monoisotopic (exact) mass is 451 g/mol. The Morgan fingerprint density at radius 2 is 1.64 bits per heavy atom. The normalized spacial score (nSPS) is 17.0. The fourth-order valence-corrected chi connectivity index (χ4v) is 3.99. The first-order chi connectivity index (χ1) is 15.5. The number of nitrogens with one attached hydrogen (secondary N) is 2. The zero-order valence-corrected chi connectivity index (χ0v) is 19.2. The Bertz CT molecular complexity index is 1050. The van der Waals surface area contributed by atoms with Crippen molar-refractivity contribution in [1.29, 1.82) is 0 Å². The Balaban J connectivity index is 0.000000431. The fraction of sp³-hybridized carbons (Fsp3) is 0.360. The van der Waals surface area contributed by atoms with E-state index in [1.807, 2.05) is 12.1 Å². The van der Waals surface area contributed by atoms with E-state index in [4.69, 9.17) is 5.21 Å². The molecule has 174 valence electrons. The number of amides is 4. The van der Waals surface area contributed by atoms with Crippen molar-refractivity contribution in [1.82, 2.24) is 15.7 Å². The molecule has 2 unspecified atom stereocenters. The number of ketones is 1. The maximum atomic E-state index is 12.8. The number of aryl methyl sites for hydroxylation is 1. The lowest BCUT2D eigenvalue weighted by atomic mass is 9.85. The molecule has 2 atom stereocenters. The number of hydrogen-bond acceptors (Lipinski definition) is 5. The number of benzene rings is 2. The van der Waals surface area contributed by atoms with Crippen LogP contribution in [0, 0.1) is 5.41 Å². The maximum Gasteiger partial charge on any atom is 0.325 e. The maximum absolute atomic E-state index is 12.8. The number of rotatable bonds is 6. The van der Waals surface area contributed by atoms with Gasteiger partial charge in [-0.25, -0.2) is 15.2 Å². The zero-order valence-electron chi connectivity index (χ0n) is 19.2. The van der Waals surface area contributed by atoms with Gasteiger partial charge >= 0.3 is 6.03 Å². The van der Waals surface area contributed by atoms with Crippen LogP contribution < -0.4 is 10.8 Å². The highest BCUT2D eigenvalue weighted by molar-refractivity contribution is 6.07. The minimum absolute atomic E-state index is 0.0681. The quantitative estimate of drug-likeness (QED) is 0.230. The van der Waals surface area contributed by atoms with Gasteiger partial charge in [-0.2, -0.15) is 0 Å². The van der Waals surface area contributed by atoms with Crippen molar-refractivity contribution in [2.45, 2.75) is 52.6 Å². The first kappa shape index (κ1) is 24.1. The van der Waals surface area contributed by atoms with Gasteiger partial charge in [-0.1, -0.05) is 69.3 Å². The Morgan fingerprint density at radius 1 is 1.06 bits per heavy atom. The van der Waals surface area contributed by atoms with Crippen molar-refractivity contribution in [2.24, 2.45) is 5.41 Å². The summed E-state index contributed by atoms with van der Waals surface area (Å²) in [6.45, 7) is 6.57. The number of carbonyl (C=O) groups is 4. The summed E-state index contributed by atoms with van der Waals surface area (Å²) in [5.74, 6) is -1.42. The average Bonchev–Trinajstić information content (AvgIpc) is 3.02. The van der Waals surface area contributed by atoms with E-state index in [0.29, 0.717) is 18.4 Å². The van der Waals surface area contributed by atoms with Crippen molar-refractivity contribution in [2.75, 3.05) is 0 Å². The van der Waals surface area contributed by atoms with Gasteiger partial charge in [-0.3, -0.25) is 19.6 Å². The molecule has 8 heteroatoms. The molecule has 3 aliphatic rings. The molecule has 1 saturated heterocycles. The average molecular weight is 452 g/mol. The van der Waals surface area contributed by atoms with Crippen LogP contribution in [0.2, 0.25) is 0 Å². The molecule has 8 nitrogen and oxygen atoms in total. The van der Waals surface area contributed by atoms with Crippen LogP contribution in [-0.4, -0.2) is 45.8 Å². The van der Waals surface area contributed by atoms with Crippen molar-refractivity contribution in [3.63, 3.8) is 0 Å². The van der Waals surface area contributed by atoms with Crippen LogP contribution in [0.3, 0.4) is 0 Å². The molecule has 3 N–H and O–H groups in total. The Kier molecular flexibility index (Phi) is 6.98. The Labute approximate surface area is 192 Å². The van der Waals surface area contributed by atoms with Gasteiger partial charge in [0.1, 0.15) is 12.1 Å². The van der Waals surface area contributed by atoms with E-state index in [1.165, 1.54) is 23.5 Å². The van der Waals surface area contributed by atoms with Crippen LogP contribution in [-0.2, 0) is 16.0 Å². The summed E-state index contributed by atoms with van der Waals surface area (Å²) in [5.41, 5.74) is 4.99. The molecule has 1 aromatic rings. The van der Waals surface area contributed by atoms with Gasteiger partial charge in [0.15, 0.2) is 5.78 Å². The summed E-state index contributed by atoms with van der Waals surface area (Å²) in [6.07, 6.45) is 0.718. The van der Waals surface area contributed by atoms with Gasteiger partial charge in [0.05, 0.1) is 0 Å². The van der Waals surface area contributed by atoms with Gasteiger partial charge in [0.25, 0.3) is 11.8 Å². The first-order valence-electron chi connectivity index (χ1n) is 10.8. The molecule has 4 amide bonds.